The van der Waals surface area contributed by atoms with Crippen LogP contribution in [0.4, 0.5) is 0 Å². The number of methoxy groups -OCH3 is 1. The van der Waals surface area contributed by atoms with E-state index in [1.807, 2.05) is 27.7 Å². The lowest BCUT2D eigenvalue weighted by Gasteiger charge is -2.36. The van der Waals surface area contributed by atoms with Crippen LogP contribution in [0.3, 0.4) is 0 Å². The van der Waals surface area contributed by atoms with Gasteiger partial charge < -0.3 is 60.4 Å². The van der Waals surface area contributed by atoms with Crippen molar-refractivity contribution in [2.24, 2.45) is 29.6 Å². The molecule has 0 aliphatic carbocycles. The number of likely N-dealkylation sites (N-methyl/N-ethyl adjacent to an activating group) is 2. The van der Waals surface area contributed by atoms with Gasteiger partial charge in [0.2, 0.25) is 35.4 Å². The number of carbonyl (C=O) groups excluding carboxylic acids is 9. The number of nitrogens with zero attached hydrogens (tertiary/aromatic N) is 3. The molecule has 3 aliphatic heterocycles. The molecule has 6 N–H and O–H groups in total. The van der Waals surface area contributed by atoms with Crippen LogP contribution in [-0.2, 0) is 59.0 Å². The lowest BCUT2D eigenvalue weighted by molar-refractivity contribution is -0.163. The van der Waals surface area contributed by atoms with Gasteiger partial charge in [-0.2, -0.15) is 0 Å². The van der Waals surface area contributed by atoms with Crippen molar-refractivity contribution in [2.75, 3.05) is 34.3 Å². The number of carbonyl (C=O) groups is 9. The number of hydrogen-bond donors (Lipinski definition) is 6. The van der Waals surface area contributed by atoms with E-state index in [1.165, 1.54) is 49.8 Å². The zero-order valence-electron chi connectivity index (χ0n) is 46.3. The number of nitrogens with one attached hydrogen (secondary N) is 4. The number of aliphatic hydroxyl groups excluding tert-OH is 2. The van der Waals surface area contributed by atoms with Gasteiger partial charge in [0.05, 0.1) is 43.7 Å². The van der Waals surface area contributed by atoms with Crippen LogP contribution < -0.4 is 26.0 Å². The van der Waals surface area contributed by atoms with E-state index in [2.05, 4.69) is 21.3 Å². The molecule has 3 aliphatic rings. The standard InChI is InChI=1S/C54H85N7O14/c1-14-31(8)44-42(63)26-43(64)75-47(30(6)7)46(65)32(9)48(66)56-38(22-28(2)3)52(70)61-21-15-16-39(61)53(71)60(12)41(24-34-17-19-36(73-13)20-18-34)54(72)74-33(10)45(50(68)57-44)58-49(67)40(23-29(4)5)59(11)51(69)37-25-35(62)27-55-37/h17-20,28-33,35,37-42,44-45,47,55,62-63H,14-16,21-27H2,1-13H3,(H,56,66)(H,57,68)(H,58,67)/t31-,32-,33+,35+,37-,38-,39-,40+,41-,42-,44+,45-,47-/m0/s1. The number of rotatable bonds is 14. The van der Waals surface area contributed by atoms with Crippen molar-refractivity contribution >= 4 is 53.2 Å². The van der Waals surface area contributed by atoms with Crippen molar-refractivity contribution in [3.63, 3.8) is 0 Å². The molecule has 1 aromatic carbocycles. The van der Waals surface area contributed by atoms with Gasteiger partial charge in [-0.25, -0.2) is 4.79 Å². The number of ether oxygens (including phenoxy) is 3. The Labute approximate surface area is 442 Å². The first kappa shape index (κ1) is 61.9. The molecule has 1 aromatic rings. The molecule has 21 heteroatoms. The number of fused-ring (bicyclic) bond motifs is 1. The first-order chi connectivity index (χ1) is 35.2. The smallest absolute Gasteiger partial charge is 0.329 e. The van der Waals surface area contributed by atoms with E-state index in [1.54, 1.807) is 52.0 Å². The molecule has 0 unspecified atom stereocenters. The molecule has 0 bridgehead atoms. The number of hydrogen-bond acceptors (Lipinski definition) is 15. The number of esters is 2. The summed E-state index contributed by atoms with van der Waals surface area (Å²) >= 11 is 0. The molecule has 0 aromatic heterocycles. The van der Waals surface area contributed by atoms with Crippen molar-refractivity contribution in [3.05, 3.63) is 29.8 Å². The number of β-amino-alcohol motifs (C(OH)–C–C–N with tert-alkyl or cyclic N) is 1. The van der Waals surface area contributed by atoms with Gasteiger partial charge >= 0.3 is 11.9 Å². The summed E-state index contributed by atoms with van der Waals surface area (Å²) < 4.78 is 17.2. The molecular formula is C54H85N7O14. The summed E-state index contributed by atoms with van der Waals surface area (Å²) in [6.07, 6.45) is -4.74. The average Bonchev–Trinajstić information content (AvgIpc) is 4.04. The number of Topliss-reactive ketones (excluding diaryl/α,β-unsaturated/α-hetero) is 1. The maximum absolute atomic E-state index is 14.9. The molecular weight excluding hydrogens is 971 g/mol. The summed E-state index contributed by atoms with van der Waals surface area (Å²) in [6.45, 7) is 17.2. The Hall–Kier alpha value is -5.67. The first-order valence-electron chi connectivity index (χ1n) is 26.6. The van der Waals surface area contributed by atoms with Gasteiger partial charge in [-0.15, -0.1) is 0 Å². The minimum atomic E-state index is -1.71. The van der Waals surface area contributed by atoms with E-state index >= 15 is 0 Å². The Morgan fingerprint density at radius 3 is 2.12 bits per heavy atom. The van der Waals surface area contributed by atoms with E-state index in [9.17, 15) is 53.4 Å². The van der Waals surface area contributed by atoms with Gasteiger partial charge in [0.15, 0.2) is 11.9 Å². The van der Waals surface area contributed by atoms with E-state index in [0.29, 0.717) is 24.2 Å². The molecule has 3 fully saturated rings. The summed E-state index contributed by atoms with van der Waals surface area (Å²) in [4.78, 5) is 133. The topological polar surface area (TPSA) is 280 Å². The van der Waals surface area contributed by atoms with Gasteiger partial charge in [-0.1, -0.05) is 73.9 Å². The van der Waals surface area contributed by atoms with Crippen LogP contribution in [0.5, 0.6) is 5.75 Å². The lowest BCUT2D eigenvalue weighted by atomic mass is 9.91. The van der Waals surface area contributed by atoms with E-state index in [0.717, 1.165) is 0 Å². The monoisotopic (exact) mass is 1060 g/mol. The Balaban J connectivity index is 1.88. The number of ketones is 1. The second kappa shape index (κ2) is 27.9. The molecule has 13 atom stereocenters. The van der Waals surface area contributed by atoms with Crippen molar-refractivity contribution in [3.8, 4) is 5.75 Å². The number of aliphatic hydroxyl groups is 2. The van der Waals surface area contributed by atoms with Crippen LogP contribution in [0, 0.1) is 29.6 Å². The fourth-order valence-corrected chi connectivity index (χ4v) is 9.91. The average molecular weight is 1060 g/mol. The van der Waals surface area contributed by atoms with Crippen LogP contribution in [-0.4, -0.2) is 179 Å². The highest BCUT2D eigenvalue weighted by molar-refractivity contribution is 6.05. The number of cyclic esters (lactones) is 2. The molecule has 3 heterocycles. The minimum absolute atomic E-state index is 0.108. The lowest BCUT2D eigenvalue weighted by Crippen LogP contribution is -2.62. The van der Waals surface area contributed by atoms with Gasteiger partial charge in [0, 0.05) is 33.6 Å². The highest BCUT2D eigenvalue weighted by atomic mass is 16.6. The minimum Gasteiger partial charge on any atom is -0.497 e. The van der Waals surface area contributed by atoms with E-state index in [-0.39, 0.29) is 57.0 Å². The van der Waals surface area contributed by atoms with Crippen molar-refractivity contribution in [1.29, 1.82) is 0 Å². The highest BCUT2D eigenvalue weighted by Gasteiger charge is 2.45. The van der Waals surface area contributed by atoms with Crippen molar-refractivity contribution in [1.82, 2.24) is 36.0 Å². The Bertz CT molecular complexity index is 2170. The first-order valence-corrected chi connectivity index (χ1v) is 26.6. The number of benzene rings is 1. The molecule has 0 spiro atoms. The zero-order valence-corrected chi connectivity index (χ0v) is 46.3. The van der Waals surface area contributed by atoms with Crippen LogP contribution >= 0.6 is 0 Å². The predicted molar refractivity (Wildman–Crippen MR) is 276 cm³/mol. The SMILES string of the molecule is CC[C@H](C)[C@H]1NC(=O)[C@@H](NC(=O)[C@@H](CC(C)C)N(C)C(=O)[C@@H]2C[C@@H](O)CN2)[C@@H](C)OC(=O)[C@H](Cc2ccc(OC)cc2)N(C)C(=O)[C@@H]2CCCN2C(=O)[C@H](CC(C)C)NC(=O)[C@@H](C)C(=O)[C@H](C(C)C)OC(=O)C[C@@H]1O. The Morgan fingerprint density at radius 1 is 0.907 bits per heavy atom. The molecule has 0 radical (unpaired) electrons. The van der Waals surface area contributed by atoms with Crippen LogP contribution in [0.2, 0.25) is 0 Å². The maximum Gasteiger partial charge on any atom is 0.329 e. The quantitative estimate of drug-likeness (QED) is 0.114. The van der Waals surface area contributed by atoms with E-state index < -0.39 is 144 Å². The molecule has 6 amide bonds. The summed E-state index contributed by atoms with van der Waals surface area (Å²) in [5.41, 5.74) is 0.588. The van der Waals surface area contributed by atoms with Crippen LogP contribution in [0.1, 0.15) is 120 Å². The third-order valence-corrected chi connectivity index (χ3v) is 14.7. The summed E-state index contributed by atoms with van der Waals surface area (Å²) in [5, 5.41) is 33.2. The van der Waals surface area contributed by atoms with Crippen molar-refractivity contribution in [2.45, 2.75) is 187 Å². The fourth-order valence-electron chi connectivity index (χ4n) is 9.91. The Morgan fingerprint density at radius 2 is 1.56 bits per heavy atom. The van der Waals surface area contributed by atoms with E-state index in [4.69, 9.17) is 14.2 Å². The molecule has 0 saturated carbocycles. The summed E-state index contributed by atoms with van der Waals surface area (Å²) in [7, 11) is 4.36. The van der Waals surface area contributed by atoms with Gasteiger partial charge in [0.1, 0.15) is 42.1 Å². The summed E-state index contributed by atoms with van der Waals surface area (Å²) in [6, 6.07) is -1.69. The molecule has 4 rings (SSSR count). The van der Waals surface area contributed by atoms with Crippen LogP contribution in [0.25, 0.3) is 0 Å². The Kier molecular flexibility index (Phi) is 23.0. The molecule has 75 heavy (non-hydrogen) atoms. The second-order valence-electron chi connectivity index (χ2n) is 21.9. The second-order valence-corrected chi connectivity index (χ2v) is 21.9. The zero-order chi connectivity index (χ0) is 56.2. The highest BCUT2D eigenvalue weighted by Crippen LogP contribution is 2.26. The van der Waals surface area contributed by atoms with Gasteiger partial charge in [0.25, 0.3) is 0 Å². The molecule has 3 saturated heterocycles. The maximum atomic E-state index is 14.9. The largest absolute Gasteiger partial charge is 0.497 e. The van der Waals surface area contributed by atoms with Gasteiger partial charge in [-0.05, 0) is 87.3 Å². The predicted octanol–water partition coefficient (Wildman–Crippen LogP) is 1.67. The normalized spacial score (nSPS) is 29.1. The molecule has 420 valence electrons. The molecule has 21 nitrogen and oxygen atoms in total. The number of amides is 6. The van der Waals surface area contributed by atoms with Crippen molar-refractivity contribution < 1.29 is 67.6 Å². The summed E-state index contributed by atoms with van der Waals surface area (Å²) in [5.74, 6) is -9.18. The van der Waals surface area contributed by atoms with Gasteiger partial charge in [-0.3, -0.25) is 38.4 Å². The third-order valence-electron chi connectivity index (χ3n) is 14.7. The third kappa shape index (κ3) is 16.4. The fraction of sp³-hybridized carbons (Fsp3) is 0.722. The van der Waals surface area contributed by atoms with Crippen LogP contribution in [0.15, 0.2) is 24.3 Å².